The summed E-state index contributed by atoms with van der Waals surface area (Å²) in [5.41, 5.74) is 5.35. The van der Waals surface area contributed by atoms with Crippen molar-refractivity contribution in [3.8, 4) is 0 Å². The van der Waals surface area contributed by atoms with Crippen molar-refractivity contribution in [3.05, 3.63) is 71.8 Å². The number of nitrogens with one attached hydrogen (secondary N) is 1. The number of hydrogen-bond donors (Lipinski definition) is 1. The molecule has 0 atom stereocenters. The second-order valence-corrected chi connectivity index (χ2v) is 3.49. The number of nitrogens with zero attached hydrogens (tertiary/aromatic N) is 1. The third-order valence-electron chi connectivity index (χ3n) is 2.23. The van der Waals surface area contributed by atoms with Crippen molar-refractivity contribution in [1.29, 1.82) is 0 Å². The number of hydrogen-bond acceptors (Lipinski definition) is 4. The third-order valence-corrected chi connectivity index (χ3v) is 2.23. The Morgan fingerprint density at radius 1 is 0.850 bits per heavy atom. The molecule has 20 heavy (non-hydrogen) atoms. The van der Waals surface area contributed by atoms with Gasteiger partial charge in [-0.3, -0.25) is 0 Å². The fraction of sp³-hybridized carbons (Fsp3) is 0.0625. The van der Waals surface area contributed by atoms with Crippen LogP contribution in [0.25, 0.3) is 0 Å². The molecule has 2 aromatic rings. The largest absolute Gasteiger partial charge is 0.307 e. The van der Waals surface area contributed by atoms with Crippen molar-refractivity contribution < 1.29 is 9.59 Å². The Hall–Kier alpha value is -2.75. The zero-order valence-electron chi connectivity index (χ0n) is 11.2. The van der Waals surface area contributed by atoms with Gasteiger partial charge in [-0.25, -0.2) is 0 Å². The van der Waals surface area contributed by atoms with Gasteiger partial charge in [0.05, 0.1) is 12.8 Å². The Kier molecular flexibility index (Phi) is 11.0. The molecule has 0 saturated carbocycles. The van der Waals surface area contributed by atoms with E-state index in [-0.39, 0.29) is 0 Å². The molecule has 4 nitrogen and oxygen atoms in total. The first-order valence-electron chi connectivity index (χ1n) is 5.88. The van der Waals surface area contributed by atoms with Crippen LogP contribution in [-0.4, -0.2) is 19.8 Å². The van der Waals surface area contributed by atoms with Crippen molar-refractivity contribution in [1.82, 2.24) is 5.43 Å². The number of benzene rings is 2. The first kappa shape index (κ1) is 17.2. The molecule has 0 saturated heterocycles. The molecule has 104 valence electrons. The summed E-state index contributed by atoms with van der Waals surface area (Å²) in [5, 5.41) is 4.16. The van der Waals surface area contributed by atoms with Gasteiger partial charge < -0.3 is 15.0 Å². The zero-order chi connectivity index (χ0) is 15.1. The Balaban J connectivity index is 0.000000829. The molecule has 0 aromatic heterocycles. The molecule has 0 unspecified atom stereocenters. The number of rotatable bonds is 4. The van der Waals surface area contributed by atoms with Crippen molar-refractivity contribution in [2.24, 2.45) is 5.10 Å². The Labute approximate surface area is 119 Å². The molecule has 0 fully saturated rings. The van der Waals surface area contributed by atoms with Gasteiger partial charge in [-0.15, -0.1) is 0 Å². The van der Waals surface area contributed by atoms with E-state index >= 15 is 0 Å². The molecule has 0 radical (unpaired) electrons. The lowest BCUT2D eigenvalue weighted by Gasteiger charge is -1.99. The van der Waals surface area contributed by atoms with E-state index in [4.69, 9.17) is 9.59 Å². The minimum absolute atomic E-state index is 0.754. The highest BCUT2D eigenvalue weighted by Gasteiger charge is 1.87. The second-order valence-electron chi connectivity index (χ2n) is 3.49. The highest BCUT2D eigenvalue weighted by Crippen LogP contribution is 1.97. The maximum Gasteiger partial charge on any atom is 0.106 e. The molecule has 1 N–H and O–H groups in total. The van der Waals surface area contributed by atoms with Gasteiger partial charge in [-0.05, 0) is 11.1 Å². The Morgan fingerprint density at radius 2 is 1.35 bits per heavy atom. The SMILES string of the molecule is C(=N\NCc1ccccc1)/c1ccccc1.C=O.C=O. The molecular weight excluding hydrogens is 252 g/mol. The van der Waals surface area contributed by atoms with Gasteiger partial charge in [0.2, 0.25) is 0 Å². The zero-order valence-corrected chi connectivity index (χ0v) is 11.2. The minimum atomic E-state index is 0.754. The van der Waals surface area contributed by atoms with Gasteiger partial charge in [0.1, 0.15) is 13.6 Å². The monoisotopic (exact) mass is 270 g/mol. The maximum atomic E-state index is 8.00. The molecule has 2 aromatic carbocycles. The predicted molar refractivity (Wildman–Crippen MR) is 81.6 cm³/mol. The lowest BCUT2D eigenvalue weighted by Crippen LogP contribution is -2.05. The van der Waals surface area contributed by atoms with E-state index < -0.39 is 0 Å². The summed E-state index contributed by atoms with van der Waals surface area (Å²) >= 11 is 0. The number of hydrazone groups is 1. The Morgan fingerprint density at radius 3 is 1.90 bits per heavy atom. The van der Waals surface area contributed by atoms with E-state index in [1.807, 2.05) is 68.3 Å². The fourth-order valence-electron chi connectivity index (χ4n) is 1.39. The van der Waals surface area contributed by atoms with E-state index in [1.54, 1.807) is 0 Å². The topological polar surface area (TPSA) is 58.5 Å². The first-order valence-corrected chi connectivity index (χ1v) is 5.88. The summed E-state index contributed by atoms with van der Waals surface area (Å²) in [6.07, 6.45) is 1.82. The smallest absolute Gasteiger partial charge is 0.106 e. The van der Waals surface area contributed by atoms with Crippen LogP contribution in [0.4, 0.5) is 0 Å². The maximum absolute atomic E-state index is 8.00. The third kappa shape index (κ3) is 7.55. The molecule has 0 spiro atoms. The highest BCUT2D eigenvalue weighted by molar-refractivity contribution is 5.79. The molecule has 0 heterocycles. The normalized spacial score (nSPS) is 8.80. The van der Waals surface area contributed by atoms with Crippen LogP contribution in [0.5, 0.6) is 0 Å². The van der Waals surface area contributed by atoms with Crippen LogP contribution in [0.3, 0.4) is 0 Å². The summed E-state index contributed by atoms with van der Waals surface area (Å²) < 4.78 is 0. The summed E-state index contributed by atoms with van der Waals surface area (Å²) in [6, 6.07) is 20.2. The first-order chi connectivity index (χ1) is 9.95. The Bertz CT molecular complexity index is 470. The number of carbonyl (C=O) groups excluding carboxylic acids is 2. The minimum Gasteiger partial charge on any atom is -0.307 e. The average molecular weight is 270 g/mol. The molecule has 0 bridgehead atoms. The van der Waals surface area contributed by atoms with Crippen LogP contribution < -0.4 is 5.43 Å². The van der Waals surface area contributed by atoms with Crippen molar-refractivity contribution >= 4 is 19.8 Å². The molecule has 0 aliphatic rings. The van der Waals surface area contributed by atoms with Gasteiger partial charge in [0, 0.05) is 0 Å². The molecule has 0 aliphatic carbocycles. The highest BCUT2D eigenvalue weighted by atomic mass is 16.1. The van der Waals surface area contributed by atoms with Crippen LogP contribution >= 0.6 is 0 Å². The molecular formula is C16H18N2O2. The summed E-state index contributed by atoms with van der Waals surface area (Å²) in [6.45, 7) is 4.75. The average Bonchev–Trinajstić information content (AvgIpc) is 2.57. The van der Waals surface area contributed by atoms with Crippen LogP contribution in [0.1, 0.15) is 11.1 Å². The lowest BCUT2D eigenvalue weighted by molar-refractivity contribution is -0.0987. The van der Waals surface area contributed by atoms with Crippen LogP contribution in [0.15, 0.2) is 65.8 Å². The van der Waals surface area contributed by atoms with Gasteiger partial charge in [-0.1, -0.05) is 60.7 Å². The molecule has 0 amide bonds. The lowest BCUT2D eigenvalue weighted by atomic mass is 10.2. The van der Waals surface area contributed by atoms with Crippen LogP contribution in [0, 0.1) is 0 Å². The van der Waals surface area contributed by atoms with E-state index in [2.05, 4.69) is 22.7 Å². The van der Waals surface area contributed by atoms with Crippen molar-refractivity contribution in [2.75, 3.05) is 0 Å². The van der Waals surface area contributed by atoms with Gasteiger partial charge in [0.25, 0.3) is 0 Å². The quantitative estimate of drug-likeness (QED) is 0.685. The fourth-order valence-corrected chi connectivity index (χ4v) is 1.39. The predicted octanol–water partition coefficient (Wildman–Crippen LogP) is 2.44. The van der Waals surface area contributed by atoms with E-state index in [9.17, 15) is 0 Å². The van der Waals surface area contributed by atoms with Crippen LogP contribution in [0.2, 0.25) is 0 Å². The molecule has 4 heteroatoms. The van der Waals surface area contributed by atoms with Crippen molar-refractivity contribution in [2.45, 2.75) is 6.54 Å². The van der Waals surface area contributed by atoms with E-state index in [0.29, 0.717) is 0 Å². The van der Waals surface area contributed by atoms with Gasteiger partial charge >= 0.3 is 0 Å². The van der Waals surface area contributed by atoms with E-state index in [1.165, 1.54) is 5.56 Å². The summed E-state index contributed by atoms with van der Waals surface area (Å²) in [4.78, 5) is 16.0. The van der Waals surface area contributed by atoms with Crippen molar-refractivity contribution in [3.63, 3.8) is 0 Å². The van der Waals surface area contributed by atoms with Gasteiger partial charge in [0.15, 0.2) is 0 Å². The number of carbonyl (C=O) groups is 2. The summed E-state index contributed by atoms with van der Waals surface area (Å²) in [5.74, 6) is 0. The molecule has 0 aliphatic heterocycles. The summed E-state index contributed by atoms with van der Waals surface area (Å²) in [7, 11) is 0. The standard InChI is InChI=1S/C14H14N2.2CH2O/c1-3-7-13(8-4-1)11-15-16-12-14-9-5-2-6-10-14;2*1-2/h1-11,16H,12H2;2*1H2/b15-11+;;. The second kappa shape index (κ2) is 12.7. The van der Waals surface area contributed by atoms with Crippen LogP contribution in [-0.2, 0) is 16.1 Å². The van der Waals surface area contributed by atoms with E-state index in [0.717, 1.165) is 12.1 Å². The molecule has 2 rings (SSSR count). The van der Waals surface area contributed by atoms with Gasteiger partial charge in [-0.2, -0.15) is 5.10 Å².